The molecule has 0 aromatic heterocycles. The maximum absolute atomic E-state index is 13.9. The lowest BCUT2D eigenvalue weighted by Crippen LogP contribution is -2.56. The molecular weight excluding hydrogens is 477 g/mol. The molecule has 1 aliphatic heterocycles. The summed E-state index contributed by atoms with van der Waals surface area (Å²) in [5, 5.41) is 15.9. The van der Waals surface area contributed by atoms with Crippen LogP contribution in [-0.4, -0.2) is 65.1 Å². The highest BCUT2D eigenvalue weighted by Crippen LogP contribution is 2.24. The van der Waals surface area contributed by atoms with Gasteiger partial charge in [-0.1, -0.05) is 40.5 Å². The average molecular weight is 515 g/mol. The summed E-state index contributed by atoms with van der Waals surface area (Å²) in [5.41, 5.74) is -0.629. The number of likely N-dealkylation sites (tertiary alicyclic amines) is 1. The van der Waals surface area contributed by atoms with Gasteiger partial charge in [0.05, 0.1) is 12.5 Å². The molecule has 3 N–H and O–H groups in total. The zero-order chi connectivity index (χ0) is 27.0. The van der Waals surface area contributed by atoms with Gasteiger partial charge in [0.25, 0.3) is 0 Å². The van der Waals surface area contributed by atoms with Crippen LogP contribution in [0.4, 0.5) is 13.2 Å². The van der Waals surface area contributed by atoms with Gasteiger partial charge in [0.1, 0.15) is 11.9 Å². The Bertz CT molecular complexity index is 925. The fraction of sp³-hybridized carbons (Fsp3) is 0.640. The number of unbranched alkanes of at least 4 members (excludes halogenated alkanes) is 1. The molecule has 36 heavy (non-hydrogen) atoms. The topological polar surface area (TPSA) is 102 Å². The molecule has 0 radical (unpaired) electrons. The van der Waals surface area contributed by atoms with Crippen LogP contribution in [0.1, 0.15) is 58.9 Å². The molecule has 0 spiro atoms. The van der Waals surface area contributed by atoms with Crippen LogP contribution in [0.3, 0.4) is 0 Å². The van der Waals surface area contributed by atoms with E-state index in [0.717, 1.165) is 18.9 Å². The summed E-state index contributed by atoms with van der Waals surface area (Å²) < 4.78 is 40.5. The standard InChI is InChI=1S/C25H37F3N4O4/c1-5-6-7-16(13-32(36)15-33)23(34)30-22(25(2,3)4)24(35)31-9-8-18(14-31)29-12-17-10-20(27)21(28)11-19(17)26/h10-11,15-16,18,22,29,36H,5-9,12-14H2,1-4H3,(H,30,34)/t16-,18+,22-/m1/s1. The van der Waals surface area contributed by atoms with E-state index in [0.29, 0.717) is 37.1 Å². The van der Waals surface area contributed by atoms with E-state index in [1.807, 2.05) is 27.7 Å². The molecule has 1 fully saturated rings. The minimum atomic E-state index is -1.25. The lowest BCUT2D eigenvalue weighted by Gasteiger charge is -2.34. The summed E-state index contributed by atoms with van der Waals surface area (Å²) in [6, 6.07) is 0.283. The molecule has 8 nitrogen and oxygen atoms in total. The van der Waals surface area contributed by atoms with Crippen LogP contribution < -0.4 is 10.6 Å². The number of benzene rings is 1. The molecule has 1 saturated heterocycles. The van der Waals surface area contributed by atoms with Crippen LogP contribution in [0.15, 0.2) is 12.1 Å². The first-order valence-electron chi connectivity index (χ1n) is 12.2. The summed E-state index contributed by atoms with van der Waals surface area (Å²) in [7, 11) is 0. The largest absolute Gasteiger partial charge is 0.344 e. The fourth-order valence-corrected chi connectivity index (χ4v) is 4.20. The maximum Gasteiger partial charge on any atom is 0.245 e. The van der Waals surface area contributed by atoms with Crippen molar-refractivity contribution in [2.24, 2.45) is 11.3 Å². The minimum Gasteiger partial charge on any atom is -0.344 e. The molecule has 2 rings (SSSR count). The smallest absolute Gasteiger partial charge is 0.245 e. The summed E-state index contributed by atoms with van der Waals surface area (Å²) in [4.78, 5) is 38.9. The Hall–Kier alpha value is -2.66. The average Bonchev–Trinajstić information content (AvgIpc) is 3.29. The van der Waals surface area contributed by atoms with Crippen LogP contribution in [-0.2, 0) is 20.9 Å². The molecule has 0 bridgehead atoms. The predicted octanol–water partition coefficient (Wildman–Crippen LogP) is 2.98. The normalized spacial score (nSPS) is 17.6. The SMILES string of the molecule is CCCC[C@H](CN(O)C=O)C(=O)N[C@H](C(=O)N1CC[C@H](NCc2cc(F)c(F)cc2F)C1)C(C)(C)C. The van der Waals surface area contributed by atoms with E-state index in [4.69, 9.17) is 0 Å². The minimum absolute atomic E-state index is 0.00937. The summed E-state index contributed by atoms with van der Waals surface area (Å²) in [6.45, 7) is 7.98. The summed E-state index contributed by atoms with van der Waals surface area (Å²) in [5.74, 6) is -4.59. The Morgan fingerprint density at radius 1 is 1.22 bits per heavy atom. The van der Waals surface area contributed by atoms with Crippen molar-refractivity contribution in [3.05, 3.63) is 35.1 Å². The first-order valence-corrected chi connectivity index (χ1v) is 12.2. The highest BCUT2D eigenvalue weighted by atomic mass is 19.2. The van der Waals surface area contributed by atoms with Gasteiger partial charge in [0, 0.05) is 37.3 Å². The Morgan fingerprint density at radius 3 is 2.50 bits per heavy atom. The number of carbonyl (C=O) groups is 3. The van der Waals surface area contributed by atoms with E-state index in [2.05, 4.69) is 10.6 Å². The van der Waals surface area contributed by atoms with Crippen LogP contribution in [0, 0.1) is 28.8 Å². The van der Waals surface area contributed by atoms with Crippen molar-refractivity contribution in [1.29, 1.82) is 0 Å². The van der Waals surface area contributed by atoms with Gasteiger partial charge in [-0.3, -0.25) is 19.6 Å². The van der Waals surface area contributed by atoms with E-state index in [9.17, 15) is 32.8 Å². The number of amides is 3. The van der Waals surface area contributed by atoms with Crippen molar-refractivity contribution >= 4 is 18.2 Å². The van der Waals surface area contributed by atoms with Crippen molar-refractivity contribution in [1.82, 2.24) is 20.6 Å². The van der Waals surface area contributed by atoms with Gasteiger partial charge in [0.15, 0.2) is 11.6 Å². The molecule has 1 aliphatic rings. The molecule has 0 aliphatic carbocycles. The third-order valence-electron chi connectivity index (χ3n) is 6.38. The van der Waals surface area contributed by atoms with E-state index in [-0.39, 0.29) is 37.0 Å². The van der Waals surface area contributed by atoms with Crippen molar-refractivity contribution < 1.29 is 32.8 Å². The van der Waals surface area contributed by atoms with Gasteiger partial charge in [-0.2, -0.15) is 0 Å². The quantitative estimate of drug-likeness (QED) is 0.172. The Labute approximate surface area is 210 Å². The molecule has 1 aromatic rings. The number of hydrogen-bond donors (Lipinski definition) is 3. The van der Waals surface area contributed by atoms with E-state index in [1.165, 1.54) is 0 Å². The van der Waals surface area contributed by atoms with Crippen molar-refractivity contribution in [3.8, 4) is 0 Å². The highest BCUT2D eigenvalue weighted by molar-refractivity contribution is 5.89. The predicted molar refractivity (Wildman–Crippen MR) is 127 cm³/mol. The first-order chi connectivity index (χ1) is 16.9. The molecule has 3 amide bonds. The molecular formula is C25H37F3N4O4. The van der Waals surface area contributed by atoms with E-state index < -0.39 is 40.7 Å². The number of halogens is 3. The Kier molecular flexibility index (Phi) is 10.7. The third-order valence-corrected chi connectivity index (χ3v) is 6.38. The van der Waals surface area contributed by atoms with Gasteiger partial charge in [0.2, 0.25) is 18.2 Å². The molecule has 11 heteroatoms. The molecule has 202 valence electrons. The number of carbonyl (C=O) groups excluding carboxylic acids is 3. The van der Waals surface area contributed by atoms with Gasteiger partial charge in [-0.05, 0) is 24.3 Å². The molecule has 3 atom stereocenters. The van der Waals surface area contributed by atoms with Crippen LogP contribution in [0.2, 0.25) is 0 Å². The van der Waals surface area contributed by atoms with Crippen LogP contribution in [0.25, 0.3) is 0 Å². The Morgan fingerprint density at radius 2 is 1.89 bits per heavy atom. The van der Waals surface area contributed by atoms with Gasteiger partial charge < -0.3 is 15.5 Å². The lowest BCUT2D eigenvalue weighted by atomic mass is 9.85. The second kappa shape index (κ2) is 13.0. The van der Waals surface area contributed by atoms with Crippen molar-refractivity contribution in [2.75, 3.05) is 19.6 Å². The molecule has 0 saturated carbocycles. The van der Waals surface area contributed by atoms with Crippen molar-refractivity contribution in [3.63, 3.8) is 0 Å². The summed E-state index contributed by atoms with van der Waals surface area (Å²) >= 11 is 0. The highest BCUT2D eigenvalue weighted by Gasteiger charge is 2.39. The number of nitrogens with one attached hydrogen (secondary N) is 2. The van der Waals surface area contributed by atoms with Gasteiger partial charge in [-0.15, -0.1) is 0 Å². The number of rotatable bonds is 12. The molecule has 1 aromatic carbocycles. The summed E-state index contributed by atoms with van der Waals surface area (Å²) in [6.07, 6.45) is 2.81. The number of hydrogen-bond acceptors (Lipinski definition) is 5. The van der Waals surface area contributed by atoms with E-state index in [1.54, 1.807) is 4.90 Å². The third kappa shape index (κ3) is 8.19. The monoisotopic (exact) mass is 514 g/mol. The second-order valence-electron chi connectivity index (χ2n) is 10.4. The maximum atomic E-state index is 13.9. The number of hydroxylamine groups is 2. The van der Waals surface area contributed by atoms with E-state index >= 15 is 0 Å². The van der Waals surface area contributed by atoms with Crippen LogP contribution in [0.5, 0.6) is 0 Å². The second-order valence-corrected chi connectivity index (χ2v) is 10.4. The van der Waals surface area contributed by atoms with Gasteiger partial charge in [-0.25, -0.2) is 18.2 Å². The van der Waals surface area contributed by atoms with Crippen molar-refractivity contribution in [2.45, 2.75) is 72.0 Å². The zero-order valence-corrected chi connectivity index (χ0v) is 21.3. The van der Waals surface area contributed by atoms with Gasteiger partial charge >= 0.3 is 0 Å². The molecule has 1 heterocycles. The molecule has 0 unspecified atom stereocenters. The zero-order valence-electron chi connectivity index (χ0n) is 21.3. The fourth-order valence-electron chi connectivity index (χ4n) is 4.20. The van der Waals surface area contributed by atoms with Crippen LogP contribution >= 0.6 is 0 Å². The first kappa shape index (κ1) is 29.6. The Balaban J connectivity index is 2.04. The lowest BCUT2D eigenvalue weighted by molar-refractivity contribution is -0.155. The number of nitrogens with zero attached hydrogens (tertiary/aromatic N) is 2.